The van der Waals surface area contributed by atoms with Crippen molar-refractivity contribution in [2.45, 2.75) is 18.9 Å². The van der Waals surface area contributed by atoms with Crippen molar-refractivity contribution in [3.05, 3.63) is 54.1 Å². The molecule has 8 rings (SSSR count). The fourth-order valence-electron chi connectivity index (χ4n) is 6.37. The average Bonchev–Trinajstić information content (AvgIpc) is 3.10. The summed E-state index contributed by atoms with van der Waals surface area (Å²) in [6.07, 6.45) is 2.30. The molecule has 5 aliphatic heterocycles. The standard InChI is InChI=1S/C32H39N9O4/c42-29(35-27-21-39-11-9-22(27)10-12-39)24-3-7-26(8-4-24)34-32(43)33-25-5-1-23(2-6-25)28-36-30(40-13-17-44-18-14-40)38-31(37-28)41-15-19-45-20-16-41/h1-8,22,27H,9-21H2,(H,35,42)(H2,33,34,43). The minimum atomic E-state index is -0.378. The highest BCUT2D eigenvalue weighted by Gasteiger charge is 2.35. The molecule has 6 heterocycles. The van der Waals surface area contributed by atoms with E-state index in [1.807, 2.05) is 24.3 Å². The average molecular weight is 614 g/mol. The number of rotatable bonds is 7. The lowest BCUT2D eigenvalue weighted by molar-refractivity contribution is 0.0620. The van der Waals surface area contributed by atoms with E-state index in [1.165, 1.54) is 0 Å². The zero-order valence-electron chi connectivity index (χ0n) is 25.3. The van der Waals surface area contributed by atoms with E-state index >= 15 is 0 Å². The highest BCUT2D eigenvalue weighted by molar-refractivity contribution is 6.00. The number of hydrogen-bond acceptors (Lipinski definition) is 10. The zero-order valence-corrected chi connectivity index (χ0v) is 25.3. The van der Waals surface area contributed by atoms with Gasteiger partial charge in [0.2, 0.25) is 11.9 Å². The van der Waals surface area contributed by atoms with Crippen LogP contribution in [0.5, 0.6) is 0 Å². The van der Waals surface area contributed by atoms with Crippen molar-refractivity contribution in [1.82, 2.24) is 25.2 Å². The molecular formula is C32H39N9O4. The lowest BCUT2D eigenvalue weighted by Gasteiger charge is -2.44. The monoisotopic (exact) mass is 613 g/mol. The van der Waals surface area contributed by atoms with Gasteiger partial charge in [-0.15, -0.1) is 0 Å². The van der Waals surface area contributed by atoms with Gasteiger partial charge in [0.15, 0.2) is 5.82 Å². The summed E-state index contributed by atoms with van der Waals surface area (Å²) in [5.41, 5.74) is 2.62. The van der Waals surface area contributed by atoms with Gasteiger partial charge < -0.3 is 40.1 Å². The summed E-state index contributed by atoms with van der Waals surface area (Å²) in [5, 5.41) is 8.92. The molecule has 5 aliphatic rings. The van der Waals surface area contributed by atoms with Gasteiger partial charge in [0.1, 0.15) is 0 Å². The predicted octanol–water partition coefficient (Wildman–Crippen LogP) is 2.68. The minimum Gasteiger partial charge on any atom is -0.378 e. The largest absolute Gasteiger partial charge is 0.378 e. The van der Waals surface area contributed by atoms with Crippen LogP contribution in [0, 0.1) is 5.92 Å². The van der Waals surface area contributed by atoms with Crippen molar-refractivity contribution in [3.63, 3.8) is 0 Å². The molecule has 13 nitrogen and oxygen atoms in total. The van der Waals surface area contributed by atoms with Crippen LogP contribution in [0.4, 0.5) is 28.1 Å². The van der Waals surface area contributed by atoms with Crippen LogP contribution >= 0.6 is 0 Å². The second-order valence-electron chi connectivity index (χ2n) is 11.9. The Hall–Kier alpha value is -4.33. The van der Waals surface area contributed by atoms with Gasteiger partial charge in [-0.3, -0.25) is 4.79 Å². The molecule has 0 radical (unpaired) electrons. The molecule has 1 atom stereocenters. The number of carbonyl (C=O) groups is 2. The summed E-state index contributed by atoms with van der Waals surface area (Å²) < 4.78 is 11.0. The number of benzene rings is 2. The predicted molar refractivity (Wildman–Crippen MR) is 171 cm³/mol. The van der Waals surface area contributed by atoms with Gasteiger partial charge in [0.25, 0.3) is 5.91 Å². The maximum atomic E-state index is 12.8. The number of morpholine rings is 2. The summed E-state index contributed by atoms with van der Waals surface area (Å²) in [6, 6.07) is 14.2. The van der Waals surface area contributed by atoms with Crippen molar-refractivity contribution in [2.24, 2.45) is 5.92 Å². The third-order valence-corrected chi connectivity index (χ3v) is 8.98. The first kappa shape index (κ1) is 29.4. The van der Waals surface area contributed by atoms with Crippen molar-refractivity contribution in [2.75, 3.05) is 92.7 Å². The highest BCUT2D eigenvalue weighted by Crippen LogP contribution is 2.28. The van der Waals surface area contributed by atoms with Crippen molar-refractivity contribution in [1.29, 1.82) is 0 Å². The van der Waals surface area contributed by atoms with Gasteiger partial charge in [-0.05, 0) is 80.4 Å². The Kier molecular flexibility index (Phi) is 8.71. The Bertz CT molecular complexity index is 1450. The summed E-state index contributed by atoms with van der Waals surface area (Å²) in [4.78, 5) is 46.6. The van der Waals surface area contributed by atoms with Gasteiger partial charge in [-0.2, -0.15) is 15.0 Å². The maximum Gasteiger partial charge on any atom is 0.323 e. The summed E-state index contributed by atoms with van der Waals surface area (Å²) >= 11 is 0. The third kappa shape index (κ3) is 7.00. The summed E-state index contributed by atoms with van der Waals surface area (Å²) in [7, 11) is 0. The first-order valence-electron chi connectivity index (χ1n) is 15.8. The number of urea groups is 1. The highest BCUT2D eigenvalue weighted by atomic mass is 16.5. The lowest BCUT2D eigenvalue weighted by atomic mass is 9.84. The van der Waals surface area contributed by atoms with Crippen molar-refractivity contribution >= 4 is 35.2 Å². The van der Waals surface area contributed by atoms with Gasteiger partial charge in [0, 0.05) is 61.3 Å². The van der Waals surface area contributed by atoms with Crippen LogP contribution in [0.1, 0.15) is 23.2 Å². The van der Waals surface area contributed by atoms with E-state index in [1.54, 1.807) is 24.3 Å². The maximum absolute atomic E-state index is 12.8. The molecule has 1 unspecified atom stereocenters. The fraction of sp³-hybridized carbons (Fsp3) is 0.469. The first-order chi connectivity index (χ1) is 22.1. The van der Waals surface area contributed by atoms with Crippen molar-refractivity contribution in [3.8, 4) is 11.4 Å². The topological polar surface area (TPSA) is 137 Å². The molecule has 13 heteroatoms. The molecule has 45 heavy (non-hydrogen) atoms. The molecule has 0 spiro atoms. The Labute approximate surface area is 262 Å². The molecule has 2 bridgehead atoms. The van der Waals surface area contributed by atoms with E-state index in [-0.39, 0.29) is 18.0 Å². The second-order valence-corrected chi connectivity index (χ2v) is 11.9. The molecule has 3 aromatic rings. The van der Waals surface area contributed by atoms with E-state index in [2.05, 4.69) is 30.7 Å². The molecule has 0 aliphatic carbocycles. The molecule has 0 saturated carbocycles. The number of fused-ring (bicyclic) bond motifs is 3. The normalized spacial score (nSPS) is 23.0. The minimum absolute atomic E-state index is 0.0721. The smallest absolute Gasteiger partial charge is 0.323 e. The number of carbonyl (C=O) groups excluding carboxylic acids is 2. The van der Waals surface area contributed by atoms with Crippen LogP contribution < -0.4 is 25.8 Å². The Morgan fingerprint density at radius 1 is 0.689 bits per heavy atom. The zero-order chi connectivity index (χ0) is 30.6. The van der Waals surface area contributed by atoms with Crippen LogP contribution in [0.25, 0.3) is 11.4 Å². The molecule has 236 valence electrons. The molecule has 3 amide bonds. The van der Waals surface area contributed by atoms with Gasteiger partial charge in [0.05, 0.1) is 26.4 Å². The van der Waals surface area contributed by atoms with Crippen LogP contribution in [0.3, 0.4) is 0 Å². The number of nitrogens with zero attached hydrogens (tertiary/aromatic N) is 6. The SMILES string of the molecule is O=C(Nc1ccc(C(=O)NC2CN3CCC2CC3)cc1)Nc1ccc(-c2nc(N3CCOCC3)nc(N3CCOCC3)n2)cc1. The molecule has 1 aromatic heterocycles. The van der Waals surface area contributed by atoms with Crippen LogP contribution in [-0.2, 0) is 9.47 Å². The number of amides is 3. The Morgan fingerprint density at radius 3 is 1.73 bits per heavy atom. The van der Waals surface area contributed by atoms with Gasteiger partial charge in [-0.1, -0.05) is 0 Å². The lowest BCUT2D eigenvalue weighted by Crippen LogP contribution is -2.57. The summed E-state index contributed by atoms with van der Waals surface area (Å²) in [5.74, 6) is 2.33. The number of anilines is 4. The second kappa shape index (κ2) is 13.3. The van der Waals surface area contributed by atoms with Crippen molar-refractivity contribution < 1.29 is 19.1 Å². The molecular weight excluding hydrogens is 574 g/mol. The molecule has 2 aromatic carbocycles. The fourth-order valence-corrected chi connectivity index (χ4v) is 6.37. The van der Waals surface area contributed by atoms with E-state index in [0.717, 1.165) is 64.2 Å². The molecule has 5 fully saturated rings. The van der Waals surface area contributed by atoms with E-state index in [4.69, 9.17) is 24.4 Å². The van der Waals surface area contributed by atoms with E-state index < -0.39 is 0 Å². The van der Waals surface area contributed by atoms with E-state index in [0.29, 0.717) is 67.0 Å². The molecule has 5 saturated heterocycles. The van der Waals surface area contributed by atoms with Crippen LogP contribution in [0.15, 0.2) is 48.5 Å². The summed E-state index contributed by atoms with van der Waals surface area (Å²) in [6.45, 7) is 8.62. The Balaban J connectivity index is 0.974. The quantitative estimate of drug-likeness (QED) is 0.365. The number of piperidine rings is 3. The number of hydrogen-bond donors (Lipinski definition) is 3. The van der Waals surface area contributed by atoms with Gasteiger partial charge in [-0.25, -0.2) is 4.79 Å². The van der Waals surface area contributed by atoms with E-state index in [9.17, 15) is 9.59 Å². The third-order valence-electron chi connectivity index (χ3n) is 8.98. The van der Waals surface area contributed by atoms with Gasteiger partial charge >= 0.3 is 6.03 Å². The molecule has 3 N–H and O–H groups in total. The van der Waals surface area contributed by atoms with Crippen LogP contribution in [-0.4, -0.2) is 110 Å². The number of aromatic nitrogens is 3. The number of ether oxygens (including phenoxy) is 2. The van der Waals surface area contributed by atoms with Crippen LogP contribution in [0.2, 0.25) is 0 Å². The number of nitrogens with one attached hydrogen (secondary N) is 3. The Morgan fingerprint density at radius 2 is 1.22 bits per heavy atom. The first-order valence-corrected chi connectivity index (χ1v) is 15.8.